The van der Waals surface area contributed by atoms with Crippen molar-refractivity contribution in [2.75, 3.05) is 0 Å². The van der Waals surface area contributed by atoms with Gasteiger partial charge in [-0.05, 0) is 36.0 Å². The molecule has 1 aliphatic rings. The highest BCUT2D eigenvalue weighted by Crippen LogP contribution is 2.37. The smallest absolute Gasteiger partial charge is 0.406 e. The van der Waals surface area contributed by atoms with Crippen molar-refractivity contribution >= 4 is 5.78 Å². The van der Waals surface area contributed by atoms with E-state index in [1.807, 2.05) is 0 Å². The van der Waals surface area contributed by atoms with E-state index in [9.17, 15) is 22.8 Å². The first kappa shape index (κ1) is 19.1. The number of halogens is 3. The Bertz CT molecular complexity index is 898. The molecule has 27 heavy (non-hydrogen) atoms. The molecule has 1 N–H and O–H groups in total. The lowest BCUT2D eigenvalue weighted by atomic mass is 9.79. The van der Waals surface area contributed by atoms with E-state index in [0.29, 0.717) is 11.4 Å². The van der Waals surface area contributed by atoms with Gasteiger partial charge in [0.15, 0.2) is 5.78 Å². The predicted molar refractivity (Wildman–Crippen MR) is 91.9 cm³/mol. The highest BCUT2D eigenvalue weighted by Gasteiger charge is 2.32. The highest BCUT2D eigenvalue weighted by molar-refractivity contribution is 5.95. The van der Waals surface area contributed by atoms with Gasteiger partial charge in [0.25, 0.3) is 5.56 Å². The van der Waals surface area contributed by atoms with Crippen molar-refractivity contribution < 1.29 is 22.7 Å². The second-order valence-corrected chi connectivity index (χ2v) is 7.35. The normalized spacial score (nSPS) is 14.9. The van der Waals surface area contributed by atoms with Gasteiger partial charge in [0.1, 0.15) is 17.3 Å². The Morgan fingerprint density at radius 3 is 2.41 bits per heavy atom. The standard InChI is InChI=1S/C19H19F3N2O3/c1-18(2,12-5-7-13(8-6-12)27-19(20,21)22)10-15(25)14-9-16(26)24-17(23-14)11-3-4-11/h5-9,11H,3-4,10H2,1-2H3,(H,23,24,26). The van der Waals surface area contributed by atoms with Crippen LogP contribution in [0.15, 0.2) is 35.1 Å². The molecule has 3 rings (SSSR count). The molecular formula is C19H19F3N2O3. The third kappa shape index (κ3) is 4.96. The van der Waals surface area contributed by atoms with Crippen LogP contribution in [0.5, 0.6) is 5.75 Å². The molecule has 1 saturated carbocycles. The molecule has 1 aromatic carbocycles. The summed E-state index contributed by atoms with van der Waals surface area (Å²) in [6.07, 6.45) is -2.80. The molecule has 144 valence electrons. The minimum absolute atomic E-state index is 0.0625. The summed E-state index contributed by atoms with van der Waals surface area (Å²) in [6, 6.07) is 6.60. The van der Waals surface area contributed by atoms with Crippen molar-refractivity contribution in [1.82, 2.24) is 9.97 Å². The molecule has 0 bridgehead atoms. The van der Waals surface area contributed by atoms with Gasteiger partial charge >= 0.3 is 6.36 Å². The molecule has 2 aromatic rings. The summed E-state index contributed by atoms with van der Waals surface area (Å²) in [4.78, 5) is 31.4. The number of H-pyrrole nitrogens is 1. The van der Waals surface area contributed by atoms with Gasteiger partial charge < -0.3 is 9.72 Å². The van der Waals surface area contributed by atoms with E-state index in [-0.39, 0.29) is 35.1 Å². The first-order chi connectivity index (χ1) is 12.5. The summed E-state index contributed by atoms with van der Waals surface area (Å²) in [6.45, 7) is 3.61. The van der Waals surface area contributed by atoms with Crippen LogP contribution in [0.4, 0.5) is 13.2 Å². The predicted octanol–water partition coefficient (Wildman–Crippen LogP) is 4.10. The Morgan fingerprint density at radius 2 is 1.85 bits per heavy atom. The molecule has 1 aromatic heterocycles. The average Bonchev–Trinajstić information content (AvgIpc) is 3.37. The minimum atomic E-state index is -4.75. The molecule has 0 radical (unpaired) electrons. The Morgan fingerprint density at radius 1 is 1.22 bits per heavy atom. The lowest BCUT2D eigenvalue weighted by Crippen LogP contribution is -2.24. The van der Waals surface area contributed by atoms with E-state index < -0.39 is 11.8 Å². The van der Waals surface area contributed by atoms with Crippen LogP contribution in [-0.4, -0.2) is 22.1 Å². The van der Waals surface area contributed by atoms with Crippen molar-refractivity contribution in [3.63, 3.8) is 0 Å². The first-order valence-corrected chi connectivity index (χ1v) is 8.54. The zero-order chi connectivity index (χ0) is 19.8. The fourth-order valence-electron chi connectivity index (χ4n) is 2.87. The number of carbonyl (C=O) groups is 1. The number of rotatable bonds is 6. The number of nitrogens with zero attached hydrogens (tertiary/aromatic N) is 1. The number of ketones is 1. The van der Waals surface area contributed by atoms with Gasteiger partial charge in [-0.15, -0.1) is 13.2 Å². The van der Waals surface area contributed by atoms with Crippen LogP contribution >= 0.6 is 0 Å². The molecule has 0 saturated heterocycles. The van der Waals surface area contributed by atoms with Crippen molar-refractivity contribution in [2.24, 2.45) is 0 Å². The lowest BCUT2D eigenvalue weighted by Gasteiger charge is -2.24. The molecule has 1 heterocycles. The molecule has 0 amide bonds. The van der Waals surface area contributed by atoms with Gasteiger partial charge in [-0.25, -0.2) is 4.98 Å². The van der Waals surface area contributed by atoms with Crippen LogP contribution in [0.2, 0.25) is 0 Å². The number of Topliss-reactive ketones (excluding diaryl/α,β-unsaturated/α-hetero) is 1. The highest BCUT2D eigenvalue weighted by atomic mass is 19.4. The van der Waals surface area contributed by atoms with Gasteiger partial charge in [0, 0.05) is 18.4 Å². The molecule has 0 atom stereocenters. The molecule has 0 spiro atoms. The van der Waals surface area contributed by atoms with Gasteiger partial charge in [-0.3, -0.25) is 9.59 Å². The number of ether oxygens (including phenoxy) is 1. The quantitative estimate of drug-likeness (QED) is 0.766. The fourth-order valence-corrected chi connectivity index (χ4v) is 2.87. The Hall–Kier alpha value is -2.64. The number of carbonyl (C=O) groups excluding carboxylic acids is 1. The number of aromatic amines is 1. The molecule has 8 heteroatoms. The van der Waals surface area contributed by atoms with Crippen LogP contribution in [0.25, 0.3) is 0 Å². The van der Waals surface area contributed by atoms with Gasteiger partial charge in [0.2, 0.25) is 0 Å². The third-order valence-corrected chi connectivity index (χ3v) is 4.48. The largest absolute Gasteiger partial charge is 0.573 e. The summed E-state index contributed by atoms with van der Waals surface area (Å²) < 4.78 is 40.6. The molecule has 1 fully saturated rings. The van der Waals surface area contributed by atoms with Crippen LogP contribution in [0.3, 0.4) is 0 Å². The second kappa shape index (κ2) is 6.83. The van der Waals surface area contributed by atoms with E-state index in [1.54, 1.807) is 13.8 Å². The minimum Gasteiger partial charge on any atom is -0.406 e. The zero-order valence-corrected chi connectivity index (χ0v) is 14.9. The Balaban J connectivity index is 1.75. The van der Waals surface area contributed by atoms with E-state index in [0.717, 1.165) is 12.8 Å². The summed E-state index contributed by atoms with van der Waals surface area (Å²) in [5, 5.41) is 0. The first-order valence-electron chi connectivity index (χ1n) is 8.54. The van der Waals surface area contributed by atoms with Crippen molar-refractivity contribution in [3.05, 3.63) is 57.8 Å². The van der Waals surface area contributed by atoms with Crippen molar-refractivity contribution in [3.8, 4) is 5.75 Å². The molecule has 1 aliphatic carbocycles. The summed E-state index contributed by atoms with van der Waals surface area (Å²) >= 11 is 0. The van der Waals surface area contributed by atoms with E-state index in [1.165, 1.54) is 30.3 Å². The van der Waals surface area contributed by atoms with Crippen LogP contribution < -0.4 is 10.3 Å². The van der Waals surface area contributed by atoms with Crippen LogP contribution in [-0.2, 0) is 5.41 Å². The number of alkyl halides is 3. The third-order valence-electron chi connectivity index (χ3n) is 4.48. The number of hydrogen-bond donors (Lipinski definition) is 1. The van der Waals surface area contributed by atoms with Gasteiger partial charge in [-0.1, -0.05) is 26.0 Å². The number of aromatic nitrogens is 2. The zero-order valence-electron chi connectivity index (χ0n) is 14.9. The van der Waals surface area contributed by atoms with E-state index in [2.05, 4.69) is 14.7 Å². The summed E-state index contributed by atoms with van der Waals surface area (Å²) in [5.74, 6) is 0.138. The monoisotopic (exact) mass is 380 g/mol. The lowest BCUT2D eigenvalue weighted by molar-refractivity contribution is -0.274. The number of nitrogens with one attached hydrogen (secondary N) is 1. The second-order valence-electron chi connectivity index (χ2n) is 7.35. The van der Waals surface area contributed by atoms with E-state index in [4.69, 9.17) is 0 Å². The maximum Gasteiger partial charge on any atom is 0.573 e. The van der Waals surface area contributed by atoms with Crippen LogP contribution in [0.1, 0.15) is 60.9 Å². The van der Waals surface area contributed by atoms with Crippen molar-refractivity contribution in [2.45, 2.75) is 50.8 Å². The van der Waals surface area contributed by atoms with Crippen molar-refractivity contribution in [1.29, 1.82) is 0 Å². The summed E-state index contributed by atoms with van der Waals surface area (Å²) in [7, 11) is 0. The number of benzene rings is 1. The topological polar surface area (TPSA) is 72.0 Å². The van der Waals surface area contributed by atoms with Gasteiger partial charge in [-0.2, -0.15) is 0 Å². The average molecular weight is 380 g/mol. The Labute approximate surface area is 153 Å². The molecule has 0 aliphatic heterocycles. The maximum absolute atomic E-state index is 12.6. The fraction of sp³-hybridized carbons (Fsp3) is 0.421. The summed E-state index contributed by atoms with van der Waals surface area (Å²) in [5.41, 5.74) is -0.220. The van der Waals surface area contributed by atoms with Gasteiger partial charge in [0.05, 0.1) is 0 Å². The van der Waals surface area contributed by atoms with E-state index >= 15 is 0 Å². The molecule has 5 nitrogen and oxygen atoms in total. The number of hydrogen-bond acceptors (Lipinski definition) is 4. The van der Waals surface area contributed by atoms with Crippen LogP contribution in [0, 0.1) is 0 Å². The SMILES string of the molecule is CC(C)(CC(=O)c1cc(=O)[nH]c(C2CC2)n1)c1ccc(OC(F)(F)F)cc1. The maximum atomic E-state index is 12.6. The molecule has 0 unspecified atom stereocenters. The molecular weight excluding hydrogens is 361 g/mol. The Kier molecular flexibility index (Phi) is 4.84.